The van der Waals surface area contributed by atoms with Crippen LogP contribution in [0.2, 0.25) is 0 Å². The van der Waals surface area contributed by atoms with E-state index in [1.54, 1.807) is 0 Å². The van der Waals surface area contributed by atoms with E-state index in [2.05, 4.69) is 44.8 Å². The van der Waals surface area contributed by atoms with Gasteiger partial charge in [0.15, 0.2) is 0 Å². The van der Waals surface area contributed by atoms with E-state index in [1.165, 1.54) is 33.3 Å². The van der Waals surface area contributed by atoms with Crippen LogP contribution in [-0.4, -0.2) is 4.98 Å². The fourth-order valence-electron chi connectivity index (χ4n) is 1.92. The highest BCUT2D eigenvalue weighted by Gasteiger charge is 2.07. The first-order chi connectivity index (χ1) is 6.11. The Bertz CT molecular complexity index is 463. The molecular weight excluding hydrogens is 158 g/mol. The summed E-state index contributed by atoms with van der Waals surface area (Å²) in [6, 6.07) is 4.37. The third-order valence-corrected chi connectivity index (χ3v) is 2.87. The first-order valence-corrected chi connectivity index (χ1v) is 4.66. The van der Waals surface area contributed by atoms with Crippen LogP contribution in [-0.2, 0) is 0 Å². The summed E-state index contributed by atoms with van der Waals surface area (Å²) in [4.78, 5) is 3.44. The highest BCUT2D eigenvalue weighted by molar-refractivity contribution is 5.89. The zero-order valence-electron chi connectivity index (χ0n) is 8.65. The molecule has 1 heteroatoms. The molecule has 0 fully saturated rings. The van der Waals surface area contributed by atoms with Crippen LogP contribution in [0, 0.1) is 27.7 Å². The molecule has 2 rings (SSSR count). The van der Waals surface area contributed by atoms with E-state index in [9.17, 15) is 0 Å². The highest BCUT2D eigenvalue weighted by atomic mass is 14.7. The molecule has 1 N–H and O–H groups in total. The van der Waals surface area contributed by atoms with Gasteiger partial charge in [0.25, 0.3) is 0 Å². The average molecular weight is 173 g/mol. The Morgan fingerprint density at radius 2 is 1.54 bits per heavy atom. The Morgan fingerprint density at radius 3 is 2.15 bits per heavy atom. The van der Waals surface area contributed by atoms with Gasteiger partial charge in [0.2, 0.25) is 0 Å². The number of aryl methyl sites for hydroxylation is 4. The number of aromatic amines is 1. The third-order valence-electron chi connectivity index (χ3n) is 2.87. The van der Waals surface area contributed by atoms with Crippen LogP contribution in [0.5, 0.6) is 0 Å². The molecule has 0 atom stereocenters. The molecule has 68 valence electrons. The number of aromatic nitrogens is 1. The largest absolute Gasteiger partial charge is 0.358 e. The van der Waals surface area contributed by atoms with E-state index in [0.29, 0.717) is 0 Å². The van der Waals surface area contributed by atoms with Gasteiger partial charge in [-0.05, 0) is 44.4 Å². The van der Waals surface area contributed by atoms with Crippen LogP contribution in [0.25, 0.3) is 10.9 Å². The Morgan fingerprint density at radius 1 is 0.923 bits per heavy atom. The molecule has 0 saturated heterocycles. The van der Waals surface area contributed by atoms with Gasteiger partial charge in [0.05, 0.1) is 0 Å². The third kappa shape index (κ3) is 1.07. The summed E-state index contributed by atoms with van der Waals surface area (Å²) in [6.45, 7) is 8.63. The Hall–Kier alpha value is -1.24. The lowest BCUT2D eigenvalue weighted by atomic mass is 10.0. The Balaban J connectivity index is 3.00. The van der Waals surface area contributed by atoms with Crippen molar-refractivity contribution in [2.45, 2.75) is 27.7 Å². The second-order valence-corrected chi connectivity index (χ2v) is 3.82. The number of benzene rings is 1. The molecule has 1 heterocycles. The SMILES string of the molecule is Cc1[nH]c2c(C)ccc(C)c2c1C. The number of hydrogen-bond donors (Lipinski definition) is 1. The van der Waals surface area contributed by atoms with Gasteiger partial charge in [-0.15, -0.1) is 0 Å². The quantitative estimate of drug-likeness (QED) is 0.628. The fraction of sp³-hybridized carbons (Fsp3) is 0.333. The zero-order chi connectivity index (χ0) is 9.59. The molecular formula is C12H15N. The molecule has 0 saturated carbocycles. The van der Waals surface area contributed by atoms with E-state index in [-0.39, 0.29) is 0 Å². The van der Waals surface area contributed by atoms with Crippen LogP contribution in [0.3, 0.4) is 0 Å². The maximum atomic E-state index is 3.44. The Labute approximate surface area is 78.8 Å². The predicted molar refractivity (Wildman–Crippen MR) is 57.2 cm³/mol. The average Bonchev–Trinajstić information content (AvgIpc) is 2.38. The lowest BCUT2D eigenvalue weighted by molar-refractivity contribution is 1.25. The van der Waals surface area contributed by atoms with E-state index in [0.717, 1.165) is 0 Å². The molecule has 1 aromatic carbocycles. The summed E-state index contributed by atoms with van der Waals surface area (Å²) in [5.41, 5.74) is 6.66. The van der Waals surface area contributed by atoms with E-state index < -0.39 is 0 Å². The molecule has 1 aromatic heterocycles. The van der Waals surface area contributed by atoms with Crippen molar-refractivity contribution in [3.63, 3.8) is 0 Å². The van der Waals surface area contributed by atoms with Crippen molar-refractivity contribution in [3.05, 3.63) is 34.5 Å². The molecule has 0 unspecified atom stereocenters. The number of H-pyrrole nitrogens is 1. The van der Waals surface area contributed by atoms with Gasteiger partial charge < -0.3 is 4.98 Å². The normalized spacial score (nSPS) is 11.1. The molecule has 0 aliphatic carbocycles. The minimum atomic E-state index is 1.28. The Kier molecular flexibility index (Phi) is 1.69. The highest BCUT2D eigenvalue weighted by Crippen LogP contribution is 2.26. The van der Waals surface area contributed by atoms with Gasteiger partial charge in [-0.3, -0.25) is 0 Å². The van der Waals surface area contributed by atoms with Crippen molar-refractivity contribution >= 4 is 10.9 Å². The van der Waals surface area contributed by atoms with Crippen LogP contribution < -0.4 is 0 Å². The monoisotopic (exact) mass is 173 g/mol. The van der Waals surface area contributed by atoms with E-state index in [4.69, 9.17) is 0 Å². The molecule has 0 radical (unpaired) electrons. The van der Waals surface area contributed by atoms with Gasteiger partial charge >= 0.3 is 0 Å². The van der Waals surface area contributed by atoms with Crippen LogP contribution in [0.4, 0.5) is 0 Å². The summed E-state index contributed by atoms with van der Waals surface area (Å²) in [6.07, 6.45) is 0. The molecule has 2 aromatic rings. The second kappa shape index (κ2) is 2.63. The predicted octanol–water partition coefficient (Wildman–Crippen LogP) is 3.40. The molecule has 13 heavy (non-hydrogen) atoms. The van der Waals surface area contributed by atoms with Crippen LogP contribution >= 0.6 is 0 Å². The summed E-state index contributed by atoms with van der Waals surface area (Å²) < 4.78 is 0. The maximum absolute atomic E-state index is 3.44. The number of fused-ring (bicyclic) bond motifs is 1. The maximum Gasteiger partial charge on any atom is 0.0491 e. The fourth-order valence-corrected chi connectivity index (χ4v) is 1.92. The number of hydrogen-bond acceptors (Lipinski definition) is 0. The summed E-state index contributed by atoms with van der Waals surface area (Å²) >= 11 is 0. The van der Waals surface area contributed by atoms with Crippen LogP contribution in [0.1, 0.15) is 22.4 Å². The topological polar surface area (TPSA) is 15.8 Å². The molecule has 0 amide bonds. The summed E-state index contributed by atoms with van der Waals surface area (Å²) in [5, 5.41) is 1.40. The van der Waals surface area contributed by atoms with Crippen molar-refractivity contribution in [1.82, 2.24) is 4.98 Å². The van der Waals surface area contributed by atoms with E-state index in [1.807, 2.05) is 0 Å². The van der Waals surface area contributed by atoms with Gasteiger partial charge in [0, 0.05) is 16.6 Å². The minimum Gasteiger partial charge on any atom is -0.358 e. The van der Waals surface area contributed by atoms with E-state index >= 15 is 0 Å². The van der Waals surface area contributed by atoms with Crippen molar-refractivity contribution < 1.29 is 0 Å². The molecule has 0 spiro atoms. The van der Waals surface area contributed by atoms with Gasteiger partial charge in [-0.1, -0.05) is 12.1 Å². The standard InChI is InChI=1S/C12H15N/c1-7-5-6-8(2)12-11(7)9(3)10(4)13-12/h5-6,13H,1-4H3. The molecule has 0 aliphatic heterocycles. The van der Waals surface area contributed by atoms with Crippen molar-refractivity contribution in [3.8, 4) is 0 Å². The van der Waals surface area contributed by atoms with Gasteiger partial charge in [0.1, 0.15) is 0 Å². The number of nitrogens with one attached hydrogen (secondary N) is 1. The van der Waals surface area contributed by atoms with Gasteiger partial charge in [-0.2, -0.15) is 0 Å². The lowest BCUT2D eigenvalue weighted by Crippen LogP contribution is -1.80. The molecule has 0 bridgehead atoms. The molecule has 1 nitrogen and oxygen atoms in total. The number of rotatable bonds is 0. The second-order valence-electron chi connectivity index (χ2n) is 3.82. The first kappa shape index (κ1) is 8.36. The smallest absolute Gasteiger partial charge is 0.0491 e. The van der Waals surface area contributed by atoms with Gasteiger partial charge in [-0.25, -0.2) is 0 Å². The molecule has 0 aliphatic rings. The van der Waals surface area contributed by atoms with Crippen molar-refractivity contribution in [2.24, 2.45) is 0 Å². The summed E-state index contributed by atoms with van der Waals surface area (Å²) in [7, 11) is 0. The van der Waals surface area contributed by atoms with Crippen LogP contribution in [0.15, 0.2) is 12.1 Å². The summed E-state index contributed by atoms with van der Waals surface area (Å²) in [5.74, 6) is 0. The minimum absolute atomic E-state index is 1.28. The van der Waals surface area contributed by atoms with Crippen molar-refractivity contribution in [2.75, 3.05) is 0 Å². The lowest BCUT2D eigenvalue weighted by Gasteiger charge is -2.00. The zero-order valence-corrected chi connectivity index (χ0v) is 8.65. The first-order valence-electron chi connectivity index (χ1n) is 4.66. The van der Waals surface area contributed by atoms with Crippen molar-refractivity contribution in [1.29, 1.82) is 0 Å².